The van der Waals surface area contributed by atoms with E-state index >= 15 is 0 Å². The summed E-state index contributed by atoms with van der Waals surface area (Å²) in [5.41, 5.74) is 3.04. The first kappa shape index (κ1) is 16.3. The van der Waals surface area contributed by atoms with Crippen LogP contribution in [-0.4, -0.2) is 24.0 Å². The molecule has 1 heterocycles. The zero-order valence-corrected chi connectivity index (χ0v) is 14.6. The second kappa shape index (κ2) is 7.79. The van der Waals surface area contributed by atoms with Crippen molar-refractivity contribution in [2.45, 2.75) is 11.5 Å². The Morgan fingerprint density at radius 3 is 2.61 bits per heavy atom. The lowest BCUT2D eigenvalue weighted by molar-refractivity contribution is -0.118. The fourth-order valence-corrected chi connectivity index (χ4v) is 5.30. The molecule has 3 rings (SSSR count). The fourth-order valence-electron chi connectivity index (χ4n) is 2.39. The van der Waals surface area contributed by atoms with Gasteiger partial charge in [0.2, 0.25) is 0 Å². The average Bonchev–Trinajstić information content (AvgIpc) is 3.10. The van der Waals surface area contributed by atoms with Gasteiger partial charge in [-0.2, -0.15) is 0 Å². The summed E-state index contributed by atoms with van der Waals surface area (Å²) in [6, 6.07) is 15.7. The minimum Gasteiger partial charge on any atom is -0.483 e. The van der Waals surface area contributed by atoms with E-state index in [2.05, 4.69) is 11.4 Å². The number of rotatable bonds is 5. The summed E-state index contributed by atoms with van der Waals surface area (Å²) in [4.78, 5) is 12.1. The molecule has 1 fully saturated rings. The minimum atomic E-state index is -0.138. The summed E-state index contributed by atoms with van der Waals surface area (Å²) in [5, 5.41) is 2.90. The predicted octanol–water partition coefficient (Wildman–Crippen LogP) is 4.49. The molecule has 1 saturated heterocycles. The first-order chi connectivity index (χ1) is 11.2. The largest absolute Gasteiger partial charge is 0.483 e. The Morgan fingerprint density at radius 2 is 1.83 bits per heavy atom. The van der Waals surface area contributed by atoms with E-state index in [1.54, 1.807) is 0 Å². The average molecular weight is 345 g/mol. The van der Waals surface area contributed by atoms with E-state index < -0.39 is 0 Å². The van der Waals surface area contributed by atoms with Gasteiger partial charge in [0.1, 0.15) is 5.75 Å². The quantitative estimate of drug-likeness (QED) is 0.866. The molecular weight excluding hydrogens is 326 g/mol. The number of hydrogen-bond donors (Lipinski definition) is 1. The van der Waals surface area contributed by atoms with Crippen molar-refractivity contribution in [2.75, 3.05) is 23.4 Å². The molecule has 0 aliphatic carbocycles. The SMILES string of the molecule is Cc1ccccc1NC(=O)COc1ccccc1C1SCCS1. The smallest absolute Gasteiger partial charge is 0.262 e. The van der Waals surface area contributed by atoms with Gasteiger partial charge in [-0.3, -0.25) is 4.79 Å². The summed E-state index contributed by atoms with van der Waals surface area (Å²) in [6.45, 7) is 1.99. The van der Waals surface area contributed by atoms with Gasteiger partial charge in [0.05, 0.1) is 4.58 Å². The van der Waals surface area contributed by atoms with Crippen LogP contribution in [0.4, 0.5) is 5.69 Å². The number of amides is 1. The Kier molecular flexibility index (Phi) is 5.51. The van der Waals surface area contributed by atoms with Crippen LogP contribution in [0.2, 0.25) is 0 Å². The zero-order chi connectivity index (χ0) is 16.1. The van der Waals surface area contributed by atoms with Crippen LogP contribution >= 0.6 is 23.5 Å². The number of aryl methyl sites for hydroxylation is 1. The summed E-state index contributed by atoms with van der Waals surface area (Å²) in [7, 11) is 0. The van der Waals surface area contributed by atoms with Crippen LogP contribution < -0.4 is 10.1 Å². The molecule has 1 aliphatic heterocycles. The van der Waals surface area contributed by atoms with E-state index in [0.717, 1.165) is 28.5 Å². The van der Waals surface area contributed by atoms with E-state index in [4.69, 9.17) is 4.74 Å². The highest BCUT2D eigenvalue weighted by Gasteiger charge is 2.21. The van der Waals surface area contributed by atoms with E-state index in [1.165, 1.54) is 5.56 Å². The maximum absolute atomic E-state index is 12.1. The van der Waals surface area contributed by atoms with Crippen LogP contribution in [0, 0.1) is 6.92 Å². The van der Waals surface area contributed by atoms with Gasteiger partial charge in [-0.1, -0.05) is 36.4 Å². The standard InChI is InChI=1S/C18H19NO2S2/c1-13-6-2-4-8-15(13)19-17(20)12-21-16-9-5-3-7-14(16)18-22-10-11-23-18/h2-9,18H,10-12H2,1H3,(H,19,20). The maximum Gasteiger partial charge on any atom is 0.262 e. The van der Waals surface area contributed by atoms with Crippen molar-refractivity contribution in [2.24, 2.45) is 0 Å². The van der Waals surface area contributed by atoms with Crippen molar-refractivity contribution in [3.8, 4) is 5.75 Å². The fraction of sp³-hybridized carbons (Fsp3) is 0.278. The third-order valence-corrected chi connectivity index (χ3v) is 6.64. The summed E-state index contributed by atoms with van der Waals surface area (Å²) in [6.07, 6.45) is 0. The van der Waals surface area contributed by atoms with Gasteiger partial charge < -0.3 is 10.1 Å². The van der Waals surface area contributed by atoms with Crippen molar-refractivity contribution in [1.82, 2.24) is 0 Å². The van der Waals surface area contributed by atoms with Crippen LogP contribution in [-0.2, 0) is 4.79 Å². The molecule has 2 aromatic carbocycles. The highest BCUT2D eigenvalue weighted by Crippen LogP contribution is 2.48. The number of nitrogens with one attached hydrogen (secondary N) is 1. The Bertz CT molecular complexity index is 684. The maximum atomic E-state index is 12.1. The van der Waals surface area contributed by atoms with Crippen LogP contribution in [0.15, 0.2) is 48.5 Å². The second-order valence-electron chi connectivity index (χ2n) is 5.26. The number of anilines is 1. The molecule has 1 N–H and O–H groups in total. The first-order valence-electron chi connectivity index (χ1n) is 7.54. The van der Waals surface area contributed by atoms with E-state index in [-0.39, 0.29) is 12.5 Å². The lowest BCUT2D eigenvalue weighted by Gasteiger charge is -2.15. The second-order valence-corrected chi connectivity index (χ2v) is 7.99. The van der Waals surface area contributed by atoms with Gasteiger partial charge in [-0.15, -0.1) is 23.5 Å². The topological polar surface area (TPSA) is 38.3 Å². The normalized spacial score (nSPS) is 14.7. The third kappa shape index (κ3) is 4.24. The van der Waals surface area contributed by atoms with Gasteiger partial charge in [0.15, 0.2) is 6.61 Å². The van der Waals surface area contributed by atoms with Gasteiger partial charge in [0, 0.05) is 22.8 Å². The van der Waals surface area contributed by atoms with Crippen molar-refractivity contribution in [3.05, 3.63) is 59.7 Å². The van der Waals surface area contributed by atoms with Gasteiger partial charge in [0.25, 0.3) is 5.91 Å². The molecule has 0 unspecified atom stereocenters. The van der Waals surface area contributed by atoms with Gasteiger partial charge in [-0.25, -0.2) is 0 Å². The number of thioether (sulfide) groups is 2. The monoisotopic (exact) mass is 345 g/mol. The number of ether oxygens (including phenoxy) is 1. The molecule has 23 heavy (non-hydrogen) atoms. The van der Waals surface area contributed by atoms with Crippen LogP contribution in [0.5, 0.6) is 5.75 Å². The molecule has 0 aromatic heterocycles. The lowest BCUT2D eigenvalue weighted by atomic mass is 10.2. The molecule has 3 nitrogen and oxygen atoms in total. The Labute approximate surface area is 145 Å². The Balaban J connectivity index is 1.62. The molecule has 0 spiro atoms. The predicted molar refractivity (Wildman–Crippen MR) is 99.4 cm³/mol. The molecule has 1 aliphatic rings. The number of carbonyl (C=O) groups excluding carboxylic acids is 1. The molecule has 0 atom stereocenters. The van der Waals surface area contributed by atoms with Crippen LogP contribution in [0.25, 0.3) is 0 Å². The molecule has 0 saturated carbocycles. The van der Waals surface area contributed by atoms with E-state index in [9.17, 15) is 4.79 Å². The highest BCUT2D eigenvalue weighted by atomic mass is 32.2. The van der Waals surface area contributed by atoms with Crippen molar-refractivity contribution < 1.29 is 9.53 Å². The molecule has 120 valence electrons. The van der Waals surface area contributed by atoms with Crippen molar-refractivity contribution in [1.29, 1.82) is 0 Å². The van der Waals surface area contributed by atoms with Crippen molar-refractivity contribution >= 4 is 35.1 Å². The summed E-state index contributed by atoms with van der Waals surface area (Å²) >= 11 is 3.86. The first-order valence-corrected chi connectivity index (χ1v) is 9.64. The number of carbonyl (C=O) groups is 1. The Morgan fingerprint density at radius 1 is 1.13 bits per heavy atom. The highest BCUT2D eigenvalue weighted by molar-refractivity contribution is 8.19. The molecule has 1 amide bonds. The molecule has 5 heteroatoms. The Hall–Kier alpha value is -1.59. The summed E-state index contributed by atoms with van der Waals surface area (Å²) in [5.74, 6) is 3.00. The van der Waals surface area contributed by atoms with Crippen LogP contribution in [0.3, 0.4) is 0 Å². The van der Waals surface area contributed by atoms with Gasteiger partial charge in [-0.05, 0) is 24.6 Å². The summed E-state index contributed by atoms with van der Waals surface area (Å²) < 4.78 is 6.19. The van der Waals surface area contributed by atoms with E-state index in [0.29, 0.717) is 4.58 Å². The molecule has 0 bridgehead atoms. The van der Waals surface area contributed by atoms with E-state index in [1.807, 2.05) is 72.9 Å². The van der Waals surface area contributed by atoms with Crippen LogP contribution in [0.1, 0.15) is 15.7 Å². The van der Waals surface area contributed by atoms with Gasteiger partial charge >= 0.3 is 0 Å². The zero-order valence-electron chi connectivity index (χ0n) is 13.0. The number of para-hydroxylation sites is 2. The number of benzene rings is 2. The molecular formula is C18H19NO2S2. The molecule has 2 aromatic rings. The van der Waals surface area contributed by atoms with Crippen molar-refractivity contribution in [3.63, 3.8) is 0 Å². The minimum absolute atomic E-state index is 0.0212. The molecule has 0 radical (unpaired) electrons. The number of hydrogen-bond acceptors (Lipinski definition) is 4. The lowest BCUT2D eigenvalue weighted by Crippen LogP contribution is -2.21. The third-order valence-electron chi connectivity index (χ3n) is 3.57.